The summed E-state index contributed by atoms with van der Waals surface area (Å²) in [6.07, 6.45) is 5.50. The predicted molar refractivity (Wildman–Crippen MR) is 78.7 cm³/mol. The molecule has 0 spiro atoms. The number of aliphatic hydroxyl groups is 1. The van der Waals surface area contributed by atoms with Gasteiger partial charge < -0.3 is 15.2 Å². The third-order valence-corrected chi connectivity index (χ3v) is 3.35. The van der Waals surface area contributed by atoms with Crippen LogP contribution in [0.15, 0.2) is 12.3 Å². The van der Waals surface area contributed by atoms with Crippen LogP contribution >= 0.6 is 0 Å². The van der Waals surface area contributed by atoms with Gasteiger partial charge in [-0.1, -0.05) is 11.8 Å². The van der Waals surface area contributed by atoms with Crippen molar-refractivity contribution in [1.29, 1.82) is 0 Å². The molecule has 4 nitrogen and oxygen atoms in total. The molecule has 0 unspecified atom stereocenters. The summed E-state index contributed by atoms with van der Waals surface area (Å²) >= 11 is 0. The summed E-state index contributed by atoms with van der Waals surface area (Å²) in [6, 6.07) is 2.43. The molecule has 1 saturated heterocycles. The molecule has 108 valence electrons. The van der Waals surface area contributed by atoms with Gasteiger partial charge in [0.05, 0.1) is 5.69 Å². The minimum atomic E-state index is 0.237. The number of aryl methyl sites for hydroxylation is 1. The average Bonchev–Trinajstić information content (AvgIpc) is 2.40. The van der Waals surface area contributed by atoms with Crippen molar-refractivity contribution < 1.29 is 9.84 Å². The Kier molecular flexibility index (Phi) is 5.85. The van der Waals surface area contributed by atoms with Gasteiger partial charge in [0, 0.05) is 30.8 Å². The van der Waals surface area contributed by atoms with E-state index in [1.807, 2.05) is 13.0 Å². The zero-order valence-electron chi connectivity index (χ0n) is 12.0. The van der Waals surface area contributed by atoms with Crippen LogP contribution in [0.2, 0.25) is 0 Å². The number of nitrogens with zero attached hydrogens (tertiary/aromatic N) is 1. The average molecular weight is 274 g/mol. The van der Waals surface area contributed by atoms with Crippen molar-refractivity contribution in [3.8, 4) is 17.6 Å². The Morgan fingerprint density at radius 1 is 1.50 bits per heavy atom. The van der Waals surface area contributed by atoms with Gasteiger partial charge >= 0.3 is 0 Å². The van der Waals surface area contributed by atoms with Crippen LogP contribution in [-0.4, -0.2) is 35.9 Å². The Morgan fingerprint density at radius 3 is 3.05 bits per heavy atom. The lowest BCUT2D eigenvalue weighted by Crippen LogP contribution is -2.46. The molecule has 0 saturated carbocycles. The molecule has 1 aromatic rings. The number of ether oxygens (including phenoxy) is 1. The summed E-state index contributed by atoms with van der Waals surface area (Å²) in [5.74, 6) is 7.02. The molecule has 1 aliphatic rings. The summed E-state index contributed by atoms with van der Waals surface area (Å²) in [4.78, 5) is 4.33. The second-order valence-electron chi connectivity index (χ2n) is 5.04. The molecular weight excluding hydrogens is 252 g/mol. The lowest BCUT2D eigenvalue weighted by molar-refractivity contribution is 0.216. The van der Waals surface area contributed by atoms with Gasteiger partial charge in [0.1, 0.15) is 12.4 Å². The Bertz CT molecular complexity index is 487. The van der Waals surface area contributed by atoms with E-state index >= 15 is 0 Å². The summed E-state index contributed by atoms with van der Waals surface area (Å²) < 4.78 is 5.80. The van der Waals surface area contributed by atoms with E-state index in [4.69, 9.17) is 9.84 Å². The molecule has 4 heteroatoms. The van der Waals surface area contributed by atoms with Crippen LogP contribution < -0.4 is 10.1 Å². The lowest BCUT2D eigenvalue weighted by Gasteiger charge is -2.27. The number of pyridine rings is 1. The number of nitrogens with one attached hydrogen (secondary N) is 1. The topological polar surface area (TPSA) is 54.4 Å². The van der Waals surface area contributed by atoms with Gasteiger partial charge in [-0.2, -0.15) is 0 Å². The van der Waals surface area contributed by atoms with Gasteiger partial charge in [0.15, 0.2) is 0 Å². The SMILES string of the molecule is Cc1ncc(C#CCCCCO)cc1OC[C@@H]1CCN1. The fourth-order valence-electron chi connectivity index (χ4n) is 1.90. The van der Waals surface area contributed by atoms with E-state index in [0.717, 1.165) is 42.8 Å². The minimum absolute atomic E-state index is 0.237. The van der Waals surface area contributed by atoms with E-state index in [0.29, 0.717) is 12.6 Å². The number of aromatic nitrogens is 1. The maximum Gasteiger partial charge on any atom is 0.141 e. The highest BCUT2D eigenvalue weighted by Gasteiger charge is 2.17. The monoisotopic (exact) mass is 274 g/mol. The number of hydrogen-bond donors (Lipinski definition) is 2. The smallest absolute Gasteiger partial charge is 0.141 e. The summed E-state index contributed by atoms with van der Waals surface area (Å²) in [7, 11) is 0. The molecule has 1 atom stereocenters. The fourth-order valence-corrected chi connectivity index (χ4v) is 1.90. The highest BCUT2D eigenvalue weighted by molar-refractivity contribution is 5.40. The van der Waals surface area contributed by atoms with Crippen LogP contribution in [0.5, 0.6) is 5.75 Å². The van der Waals surface area contributed by atoms with Crippen LogP contribution in [0.1, 0.15) is 36.9 Å². The second-order valence-corrected chi connectivity index (χ2v) is 5.04. The van der Waals surface area contributed by atoms with Crippen molar-refractivity contribution in [2.45, 2.75) is 38.6 Å². The van der Waals surface area contributed by atoms with Gasteiger partial charge in [-0.25, -0.2) is 0 Å². The molecule has 20 heavy (non-hydrogen) atoms. The van der Waals surface area contributed by atoms with Crippen LogP contribution in [0.25, 0.3) is 0 Å². The minimum Gasteiger partial charge on any atom is -0.490 e. The Balaban J connectivity index is 1.89. The largest absolute Gasteiger partial charge is 0.490 e. The van der Waals surface area contributed by atoms with Crippen molar-refractivity contribution in [2.24, 2.45) is 0 Å². The molecule has 1 aliphatic heterocycles. The first-order valence-corrected chi connectivity index (χ1v) is 7.22. The van der Waals surface area contributed by atoms with Gasteiger partial charge in [-0.15, -0.1) is 0 Å². The third-order valence-electron chi connectivity index (χ3n) is 3.35. The van der Waals surface area contributed by atoms with Gasteiger partial charge in [0.2, 0.25) is 0 Å². The summed E-state index contributed by atoms with van der Waals surface area (Å²) in [5, 5.41) is 12.0. The van der Waals surface area contributed by atoms with E-state index in [2.05, 4.69) is 22.1 Å². The van der Waals surface area contributed by atoms with E-state index < -0.39 is 0 Å². The van der Waals surface area contributed by atoms with E-state index in [1.165, 1.54) is 6.42 Å². The molecular formula is C16H22N2O2. The van der Waals surface area contributed by atoms with E-state index in [-0.39, 0.29) is 6.61 Å². The lowest BCUT2D eigenvalue weighted by atomic mass is 10.1. The molecule has 0 radical (unpaired) electrons. The van der Waals surface area contributed by atoms with Crippen molar-refractivity contribution in [2.75, 3.05) is 19.8 Å². The quantitative estimate of drug-likeness (QED) is 0.612. The summed E-state index contributed by atoms with van der Waals surface area (Å²) in [5.41, 5.74) is 1.78. The van der Waals surface area contributed by atoms with Crippen molar-refractivity contribution in [1.82, 2.24) is 10.3 Å². The summed E-state index contributed by atoms with van der Waals surface area (Å²) in [6.45, 7) is 3.96. The van der Waals surface area contributed by atoms with Crippen molar-refractivity contribution in [3.63, 3.8) is 0 Å². The first kappa shape index (κ1) is 14.8. The van der Waals surface area contributed by atoms with Crippen LogP contribution in [0.4, 0.5) is 0 Å². The van der Waals surface area contributed by atoms with Gasteiger partial charge in [-0.3, -0.25) is 4.98 Å². The molecule has 2 heterocycles. The number of aliphatic hydroxyl groups excluding tert-OH is 1. The highest BCUT2D eigenvalue weighted by Crippen LogP contribution is 2.17. The standard InChI is InChI=1S/C16H22N2O2/c1-13-16(20-12-15-7-8-17-15)10-14(11-18-13)6-4-2-3-5-9-19/h10-11,15,17,19H,2-3,5,7-9,12H2,1H3/t15-/m0/s1. The predicted octanol–water partition coefficient (Wildman–Crippen LogP) is 1.64. The van der Waals surface area contributed by atoms with E-state index in [1.54, 1.807) is 6.20 Å². The molecule has 0 bridgehead atoms. The zero-order chi connectivity index (χ0) is 14.2. The molecule has 0 aromatic carbocycles. The molecule has 2 rings (SSSR count). The molecule has 1 fully saturated rings. The molecule has 0 aliphatic carbocycles. The van der Waals surface area contributed by atoms with Crippen LogP contribution in [0.3, 0.4) is 0 Å². The first-order valence-electron chi connectivity index (χ1n) is 7.22. The third kappa shape index (κ3) is 4.52. The Hall–Kier alpha value is -1.57. The molecule has 2 N–H and O–H groups in total. The van der Waals surface area contributed by atoms with Crippen molar-refractivity contribution >= 4 is 0 Å². The first-order chi connectivity index (χ1) is 9.79. The zero-order valence-corrected chi connectivity index (χ0v) is 12.0. The Morgan fingerprint density at radius 2 is 2.35 bits per heavy atom. The molecule has 1 aromatic heterocycles. The van der Waals surface area contributed by atoms with Crippen LogP contribution in [-0.2, 0) is 0 Å². The number of rotatable bonds is 6. The van der Waals surface area contributed by atoms with Crippen molar-refractivity contribution in [3.05, 3.63) is 23.5 Å². The fraction of sp³-hybridized carbons (Fsp3) is 0.562. The van der Waals surface area contributed by atoms with Gasteiger partial charge in [-0.05, 0) is 38.8 Å². The molecule has 0 amide bonds. The number of unbranched alkanes of at least 4 members (excludes halogenated alkanes) is 2. The maximum atomic E-state index is 8.70. The highest BCUT2D eigenvalue weighted by atomic mass is 16.5. The normalized spacial score (nSPS) is 17.0. The second kappa shape index (κ2) is 7.88. The van der Waals surface area contributed by atoms with E-state index in [9.17, 15) is 0 Å². The Labute approximate surface area is 120 Å². The number of hydrogen-bond acceptors (Lipinski definition) is 4. The van der Waals surface area contributed by atoms with Crippen LogP contribution in [0, 0.1) is 18.8 Å². The van der Waals surface area contributed by atoms with Gasteiger partial charge in [0.25, 0.3) is 0 Å². The maximum absolute atomic E-state index is 8.70.